The van der Waals surface area contributed by atoms with E-state index in [-0.39, 0.29) is 12.4 Å². The third-order valence-electron chi connectivity index (χ3n) is 4.09. The van der Waals surface area contributed by atoms with Gasteiger partial charge in [0, 0.05) is 22.7 Å². The number of rotatable bonds is 3. The molecule has 0 saturated carbocycles. The fourth-order valence-electron chi connectivity index (χ4n) is 2.88. The van der Waals surface area contributed by atoms with Crippen LogP contribution in [0, 0.1) is 6.92 Å². The molecule has 1 aromatic heterocycles. The van der Waals surface area contributed by atoms with E-state index in [1.807, 2.05) is 6.92 Å². The maximum atomic E-state index is 13.1. The van der Waals surface area contributed by atoms with Gasteiger partial charge in [-0.05, 0) is 25.1 Å². The van der Waals surface area contributed by atoms with Crippen molar-refractivity contribution < 1.29 is 22.6 Å². The van der Waals surface area contributed by atoms with Crippen molar-refractivity contribution in [1.82, 2.24) is 4.98 Å². The summed E-state index contributed by atoms with van der Waals surface area (Å²) in [7, 11) is 0. The highest BCUT2D eigenvalue weighted by Gasteiger charge is 2.32. The Labute approximate surface area is 152 Å². The van der Waals surface area contributed by atoms with Crippen molar-refractivity contribution >= 4 is 22.8 Å². The van der Waals surface area contributed by atoms with Crippen LogP contribution >= 0.6 is 0 Å². The van der Waals surface area contributed by atoms with E-state index >= 15 is 0 Å². The number of aryl methyl sites for hydroxylation is 1. The Bertz CT molecular complexity index is 1050. The predicted octanol–water partition coefficient (Wildman–Crippen LogP) is 4.74. The molecule has 0 radical (unpaired) electrons. The fraction of sp³-hybridized carbons (Fsp3) is 0.158. The summed E-state index contributed by atoms with van der Waals surface area (Å²) in [4.78, 5) is 4.45. The maximum Gasteiger partial charge on any atom is 0.417 e. The second-order valence-electron chi connectivity index (χ2n) is 5.99. The lowest BCUT2D eigenvalue weighted by atomic mass is 10.1. The summed E-state index contributed by atoms with van der Waals surface area (Å²) in [5, 5.41) is 4.72. The first kappa shape index (κ1) is 17.1. The SMILES string of the molecule is Cc1cc(N/N=C/c2ccccc2C(F)(F)F)c2cc3c(cc2n1)OCO3. The topological polar surface area (TPSA) is 55.7 Å². The number of anilines is 1. The molecule has 1 aliphatic heterocycles. The lowest BCUT2D eigenvalue weighted by molar-refractivity contribution is -0.137. The van der Waals surface area contributed by atoms with Gasteiger partial charge < -0.3 is 9.47 Å². The Hall–Kier alpha value is -3.29. The Morgan fingerprint density at radius 2 is 1.85 bits per heavy atom. The third-order valence-corrected chi connectivity index (χ3v) is 4.09. The van der Waals surface area contributed by atoms with E-state index in [0.717, 1.165) is 23.4 Å². The third kappa shape index (κ3) is 3.38. The summed E-state index contributed by atoms with van der Waals surface area (Å²) in [6, 6.07) is 10.6. The lowest BCUT2D eigenvalue weighted by Gasteiger charge is -2.10. The second kappa shape index (κ2) is 6.46. The molecule has 3 aromatic rings. The summed E-state index contributed by atoms with van der Waals surface area (Å²) in [5.74, 6) is 1.19. The molecule has 138 valence electrons. The van der Waals surface area contributed by atoms with E-state index in [9.17, 15) is 13.2 Å². The van der Waals surface area contributed by atoms with Gasteiger partial charge in [-0.15, -0.1) is 0 Å². The summed E-state index contributed by atoms with van der Waals surface area (Å²) in [5.41, 5.74) is 4.06. The van der Waals surface area contributed by atoms with Gasteiger partial charge in [0.15, 0.2) is 11.5 Å². The summed E-state index contributed by atoms with van der Waals surface area (Å²) in [6.07, 6.45) is -3.29. The number of halogens is 3. The Morgan fingerprint density at radius 3 is 2.63 bits per heavy atom. The predicted molar refractivity (Wildman–Crippen MR) is 95.3 cm³/mol. The lowest BCUT2D eigenvalue weighted by Crippen LogP contribution is -2.08. The molecule has 5 nitrogen and oxygen atoms in total. The number of hydrazone groups is 1. The first-order valence-electron chi connectivity index (χ1n) is 8.08. The fourth-order valence-corrected chi connectivity index (χ4v) is 2.88. The zero-order valence-corrected chi connectivity index (χ0v) is 14.2. The van der Waals surface area contributed by atoms with Crippen LogP contribution in [0.4, 0.5) is 18.9 Å². The van der Waals surface area contributed by atoms with E-state index in [1.165, 1.54) is 18.2 Å². The van der Waals surface area contributed by atoms with Gasteiger partial charge in [0.05, 0.1) is 23.0 Å². The van der Waals surface area contributed by atoms with Crippen LogP contribution in [0.3, 0.4) is 0 Å². The van der Waals surface area contributed by atoms with Gasteiger partial charge in [0.1, 0.15) is 0 Å². The van der Waals surface area contributed by atoms with Crippen molar-refractivity contribution in [3.63, 3.8) is 0 Å². The van der Waals surface area contributed by atoms with Gasteiger partial charge in [-0.3, -0.25) is 10.4 Å². The minimum Gasteiger partial charge on any atom is -0.454 e. The number of pyridine rings is 1. The van der Waals surface area contributed by atoms with Gasteiger partial charge in [-0.25, -0.2) is 0 Å². The van der Waals surface area contributed by atoms with E-state index in [1.54, 1.807) is 18.2 Å². The minimum atomic E-state index is -4.44. The van der Waals surface area contributed by atoms with Crippen molar-refractivity contribution in [2.75, 3.05) is 12.2 Å². The molecule has 2 aromatic carbocycles. The summed E-state index contributed by atoms with van der Waals surface area (Å²) >= 11 is 0. The highest BCUT2D eigenvalue weighted by atomic mass is 19.4. The number of alkyl halides is 3. The van der Waals surface area contributed by atoms with Crippen LogP contribution in [0.15, 0.2) is 47.6 Å². The molecule has 0 fully saturated rings. The quantitative estimate of drug-likeness (QED) is 0.532. The first-order chi connectivity index (χ1) is 12.9. The molecular formula is C19H14F3N3O2. The number of aromatic nitrogens is 1. The number of benzene rings is 2. The molecule has 4 rings (SSSR count). The second-order valence-corrected chi connectivity index (χ2v) is 5.99. The highest BCUT2D eigenvalue weighted by Crippen LogP contribution is 2.38. The van der Waals surface area contributed by atoms with Crippen molar-refractivity contribution in [3.8, 4) is 11.5 Å². The molecule has 0 unspecified atom stereocenters. The Kier molecular flexibility index (Phi) is 4.10. The van der Waals surface area contributed by atoms with Crippen LogP contribution in [0.1, 0.15) is 16.8 Å². The number of nitrogens with zero attached hydrogens (tertiary/aromatic N) is 2. The molecule has 0 saturated heterocycles. The van der Waals surface area contributed by atoms with Crippen molar-refractivity contribution in [2.45, 2.75) is 13.1 Å². The largest absolute Gasteiger partial charge is 0.454 e. The average Bonchev–Trinajstić information content (AvgIpc) is 3.07. The number of hydrogen-bond acceptors (Lipinski definition) is 5. The molecule has 0 bridgehead atoms. The van der Waals surface area contributed by atoms with Crippen LogP contribution in [0.25, 0.3) is 10.9 Å². The first-order valence-corrected chi connectivity index (χ1v) is 8.08. The number of hydrogen-bond donors (Lipinski definition) is 1. The standard InChI is InChI=1S/C19H14F3N3O2/c1-11-6-16(13-7-17-18(27-10-26-17)8-15(13)24-11)25-23-9-12-4-2-3-5-14(12)19(20,21)22/h2-9H,10H2,1H3,(H,24,25)/b23-9+. The Morgan fingerprint density at radius 1 is 1.11 bits per heavy atom. The van der Waals surface area contributed by atoms with Crippen molar-refractivity contribution in [3.05, 3.63) is 59.3 Å². The Balaban J connectivity index is 1.68. The van der Waals surface area contributed by atoms with Gasteiger partial charge in [0.2, 0.25) is 6.79 Å². The normalized spacial score (nSPS) is 13.5. The monoisotopic (exact) mass is 373 g/mol. The van der Waals surface area contributed by atoms with E-state index in [4.69, 9.17) is 9.47 Å². The molecule has 2 heterocycles. The highest BCUT2D eigenvalue weighted by molar-refractivity contribution is 5.94. The molecule has 8 heteroatoms. The van der Waals surface area contributed by atoms with Crippen LogP contribution in [0.2, 0.25) is 0 Å². The number of fused-ring (bicyclic) bond motifs is 2. The van der Waals surface area contributed by atoms with Gasteiger partial charge in [-0.1, -0.05) is 18.2 Å². The molecule has 1 N–H and O–H groups in total. The number of ether oxygens (including phenoxy) is 2. The molecule has 1 aliphatic rings. The van der Waals surface area contributed by atoms with Crippen LogP contribution in [0.5, 0.6) is 11.5 Å². The van der Waals surface area contributed by atoms with Gasteiger partial charge >= 0.3 is 6.18 Å². The van der Waals surface area contributed by atoms with Crippen molar-refractivity contribution in [1.29, 1.82) is 0 Å². The maximum absolute atomic E-state index is 13.1. The number of nitrogens with one attached hydrogen (secondary N) is 1. The van der Waals surface area contributed by atoms with Crippen LogP contribution < -0.4 is 14.9 Å². The zero-order valence-electron chi connectivity index (χ0n) is 14.2. The molecule has 0 aliphatic carbocycles. The molecule has 0 amide bonds. The average molecular weight is 373 g/mol. The zero-order chi connectivity index (χ0) is 19.0. The van der Waals surface area contributed by atoms with E-state index in [0.29, 0.717) is 22.7 Å². The summed E-state index contributed by atoms with van der Waals surface area (Å²) in [6.45, 7) is 1.96. The molecule has 27 heavy (non-hydrogen) atoms. The van der Waals surface area contributed by atoms with Crippen LogP contribution in [-0.2, 0) is 6.18 Å². The van der Waals surface area contributed by atoms with Gasteiger partial charge in [0.25, 0.3) is 0 Å². The minimum absolute atomic E-state index is 0.0230. The smallest absolute Gasteiger partial charge is 0.417 e. The molecule has 0 spiro atoms. The molecular weight excluding hydrogens is 359 g/mol. The van der Waals surface area contributed by atoms with E-state index < -0.39 is 11.7 Å². The summed E-state index contributed by atoms with van der Waals surface area (Å²) < 4.78 is 49.9. The van der Waals surface area contributed by atoms with Gasteiger partial charge in [-0.2, -0.15) is 18.3 Å². The van der Waals surface area contributed by atoms with Crippen molar-refractivity contribution in [2.24, 2.45) is 5.10 Å². The van der Waals surface area contributed by atoms with Crippen LogP contribution in [-0.4, -0.2) is 18.0 Å². The van der Waals surface area contributed by atoms with E-state index in [2.05, 4.69) is 15.5 Å². The molecule has 0 atom stereocenters.